The zero-order valence-electron chi connectivity index (χ0n) is 17.4. The fourth-order valence-corrected chi connectivity index (χ4v) is 3.21. The molecule has 3 aromatic rings. The number of hydrazone groups is 2. The van der Waals surface area contributed by atoms with Crippen LogP contribution < -0.4 is 10.9 Å². The lowest BCUT2D eigenvalue weighted by atomic mass is 10.1. The molecule has 32 heavy (non-hydrogen) atoms. The molecular formula is C24H20Br2N4O2. The summed E-state index contributed by atoms with van der Waals surface area (Å²) < 4.78 is 1.94. The molecule has 0 radical (unpaired) electrons. The van der Waals surface area contributed by atoms with Gasteiger partial charge in [0, 0.05) is 20.1 Å². The summed E-state index contributed by atoms with van der Waals surface area (Å²) in [6, 6.07) is 21.5. The second kappa shape index (κ2) is 11.0. The van der Waals surface area contributed by atoms with Crippen LogP contribution in [0.3, 0.4) is 0 Å². The van der Waals surface area contributed by atoms with Gasteiger partial charge in [-0.05, 0) is 73.5 Å². The van der Waals surface area contributed by atoms with Crippen molar-refractivity contribution in [3.05, 3.63) is 104 Å². The third-order valence-corrected chi connectivity index (χ3v) is 5.64. The van der Waals surface area contributed by atoms with Crippen LogP contribution >= 0.6 is 31.9 Å². The van der Waals surface area contributed by atoms with Crippen molar-refractivity contribution in [3.63, 3.8) is 0 Å². The predicted molar refractivity (Wildman–Crippen MR) is 134 cm³/mol. The predicted octanol–water partition coefficient (Wildman–Crippen LogP) is 5.52. The summed E-state index contributed by atoms with van der Waals surface area (Å²) in [5.74, 6) is -0.727. The molecule has 0 aliphatic rings. The fourth-order valence-electron chi connectivity index (χ4n) is 2.68. The first-order valence-electron chi connectivity index (χ1n) is 9.64. The monoisotopic (exact) mass is 554 g/mol. The van der Waals surface area contributed by atoms with Gasteiger partial charge in [-0.1, -0.05) is 56.1 Å². The Morgan fingerprint density at radius 2 is 0.844 bits per heavy atom. The standard InChI is InChI=1S/C24H20Br2N4O2/c1-15(17-7-11-21(25)12-8-17)27-29-23(31)19-3-5-20(6-4-19)24(32)30-28-16(2)18-9-13-22(26)14-10-18/h3-14H,1-2H3,(H,29,31)(H,30,32). The van der Waals surface area contributed by atoms with E-state index in [4.69, 9.17) is 0 Å². The maximum atomic E-state index is 12.4. The molecule has 3 aromatic carbocycles. The van der Waals surface area contributed by atoms with Gasteiger partial charge in [-0.25, -0.2) is 10.9 Å². The Hall–Kier alpha value is -3.10. The first kappa shape index (κ1) is 23.6. The lowest BCUT2D eigenvalue weighted by molar-refractivity contribution is 0.0943. The van der Waals surface area contributed by atoms with E-state index in [1.807, 2.05) is 62.4 Å². The first-order valence-corrected chi connectivity index (χ1v) is 11.2. The second-order valence-electron chi connectivity index (χ2n) is 6.87. The summed E-state index contributed by atoms with van der Waals surface area (Å²) in [5.41, 5.74) is 9.02. The van der Waals surface area contributed by atoms with E-state index in [-0.39, 0.29) is 11.8 Å². The Labute approximate surface area is 203 Å². The molecule has 0 atom stereocenters. The Kier molecular flexibility index (Phi) is 8.08. The van der Waals surface area contributed by atoms with Gasteiger partial charge in [-0.2, -0.15) is 10.2 Å². The second-order valence-corrected chi connectivity index (χ2v) is 8.70. The molecule has 0 heterocycles. The molecule has 0 aliphatic heterocycles. The minimum Gasteiger partial charge on any atom is -0.267 e. The van der Waals surface area contributed by atoms with Gasteiger partial charge in [0.05, 0.1) is 11.4 Å². The SMILES string of the molecule is CC(=NNC(=O)c1ccc(C(=O)NN=C(C)c2ccc(Br)cc2)cc1)c1ccc(Br)cc1. The highest BCUT2D eigenvalue weighted by Crippen LogP contribution is 2.12. The highest BCUT2D eigenvalue weighted by molar-refractivity contribution is 9.10. The van der Waals surface area contributed by atoms with Crippen LogP contribution in [0.2, 0.25) is 0 Å². The molecule has 0 aromatic heterocycles. The van der Waals surface area contributed by atoms with Crippen LogP contribution in [0.15, 0.2) is 91.9 Å². The Morgan fingerprint density at radius 3 is 1.16 bits per heavy atom. The molecule has 8 heteroatoms. The van der Waals surface area contributed by atoms with E-state index in [9.17, 15) is 9.59 Å². The molecular weight excluding hydrogens is 536 g/mol. The number of rotatable bonds is 6. The highest BCUT2D eigenvalue weighted by Gasteiger charge is 2.09. The minimum atomic E-state index is -0.363. The summed E-state index contributed by atoms with van der Waals surface area (Å²) in [6.07, 6.45) is 0. The summed E-state index contributed by atoms with van der Waals surface area (Å²) in [5, 5.41) is 8.29. The zero-order chi connectivity index (χ0) is 23.1. The third-order valence-electron chi connectivity index (χ3n) is 4.58. The van der Waals surface area contributed by atoms with E-state index in [0.717, 1.165) is 20.1 Å². The van der Waals surface area contributed by atoms with Crippen molar-refractivity contribution in [2.45, 2.75) is 13.8 Å². The van der Waals surface area contributed by atoms with Crippen molar-refractivity contribution in [1.82, 2.24) is 10.9 Å². The Bertz CT molecular complexity index is 1080. The van der Waals surface area contributed by atoms with Crippen molar-refractivity contribution >= 4 is 55.1 Å². The maximum absolute atomic E-state index is 12.4. The van der Waals surface area contributed by atoms with Crippen LogP contribution in [0.25, 0.3) is 0 Å². The molecule has 0 bridgehead atoms. The average Bonchev–Trinajstić information content (AvgIpc) is 2.81. The molecule has 2 N–H and O–H groups in total. The van der Waals surface area contributed by atoms with E-state index >= 15 is 0 Å². The van der Waals surface area contributed by atoms with Crippen molar-refractivity contribution < 1.29 is 9.59 Å². The Balaban J connectivity index is 1.59. The molecule has 2 amide bonds. The largest absolute Gasteiger partial charge is 0.271 e. The number of benzene rings is 3. The number of carbonyl (C=O) groups excluding carboxylic acids is 2. The van der Waals surface area contributed by atoms with Gasteiger partial charge in [0.1, 0.15) is 0 Å². The molecule has 0 fully saturated rings. The molecule has 3 rings (SSSR count). The summed E-state index contributed by atoms with van der Waals surface area (Å²) in [6.45, 7) is 3.63. The van der Waals surface area contributed by atoms with Crippen LogP contribution in [0, 0.1) is 0 Å². The number of nitrogens with zero attached hydrogens (tertiary/aromatic N) is 2. The number of hydrogen-bond donors (Lipinski definition) is 2. The van der Waals surface area contributed by atoms with Crippen LogP contribution in [-0.2, 0) is 0 Å². The van der Waals surface area contributed by atoms with E-state index in [0.29, 0.717) is 22.6 Å². The number of hydrogen-bond acceptors (Lipinski definition) is 4. The topological polar surface area (TPSA) is 82.9 Å². The van der Waals surface area contributed by atoms with Crippen LogP contribution in [0.4, 0.5) is 0 Å². The molecule has 0 spiro atoms. The molecule has 0 saturated carbocycles. The van der Waals surface area contributed by atoms with Gasteiger partial charge in [0.15, 0.2) is 0 Å². The van der Waals surface area contributed by atoms with Crippen molar-refractivity contribution in [2.75, 3.05) is 0 Å². The van der Waals surface area contributed by atoms with Gasteiger partial charge in [-0.3, -0.25) is 9.59 Å². The molecule has 162 valence electrons. The summed E-state index contributed by atoms with van der Waals surface area (Å²) >= 11 is 6.77. The zero-order valence-corrected chi connectivity index (χ0v) is 20.6. The number of nitrogens with one attached hydrogen (secondary N) is 2. The lowest BCUT2D eigenvalue weighted by Gasteiger charge is -2.05. The van der Waals surface area contributed by atoms with Crippen molar-refractivity contribution in [2.24, 2.45) is 10.2 Å². The lowest BCUT2D eigenvalue weighted by Crippen LogP contribution is -2.21. The quantitative estimate of drug-likeness (QED) is 0.310. The molecule has 0 unspecified atom stereocenters. The molecule has 0 saturated heterocycles. The van der Waals surface area contributed by atoms with Crippen LogP contribution in [0.5, 0.6) is 0 Å². The minimum absolute atomic E-state index is 0.363. The number of amides is 2. The van der Waals surface area contributed by atoms with Gasteiger partial charge in [0.25, 0.3) is 11.8 Å². The highest BCUT2D eigenvalue weighted by atomic mass is 79.9. The van der Waals surface area contributed by atoms with Crippen LogP contribution in [0.1, 0.15) is 45.7 Å². The van der Waals surface area contributed by atoms with Crippen molar-refractivity contribution in [3.8, 4) is 0 Å². The third kappa shape index (κ3) is 6.45. The average molecular weight is 556 g/mol. The maximum Gasteiger partial charge on any atom is 0.271 e. The summed E-state index contributed by atoms with van der Waals surface area (Å²) in [7, 11) is 0. The molecule has 6 nitrogen and oxygen atoms in total. The van der Waals surface area contributed by atoms with E-state index in [2.05, 4.69) is 52.9 Å². The molecule has 0 aliphatic carbocycles. The van der Waals surface area contributed by atoms with E-state index in [1.54, 1.807) is 24.3 Å². The summed E-state index contributed by atoms with van der Waals surface area (Å²) in [4.78, 5) is 24.7. The smallest absolute Gasteiger partial charge is 0.267 e. The number of halogens is 2. The van der Waals surface area contributed by atoms with Gasteiger partial charge < -0.3 is 0 Å². The van der Waals surface area contributed by atoms with E-state index in [1.165, 1.54) is 0 Å². The van der Waals surface area contributed by atoms with Gasteiger partial charge in [0.2, 0.25) is 0 Å². The van der Waals surface area contributed by atoms with Crippen molar-refractivity contribution in [1.29, 1.82) is 0 Å². The normalized spacial score (nSPS) is 11.8. The van der Waals surface area contributed by atoms with E-state index < -0.39 is 0 Å². The Morgan fingerprint density at radius 1 is 0.562 bits per heavy atom. The van der Waals surface area contributed by atoms with Gasteiger partial charge in [-0.15, -0.1) is 0 Å². The first-order chi connectivity index (χ1) is 15.3. The van der Waals surface area contributed by atoms with Crippen LogP contribution in [-0.4, -0.2) is 23.2 Å². The van der Waals surface area contributed by atoms with Gasteiger partial charge >= 0.3 is 0 Å². The number of carbonyl (C=O) groups is 2. The fraction of sp³-hybridized carbons (Fsp3) is 0.0833.